The standard InChI is InChI=1S/C15H26N2O2S2/c1-10(2)16-9-13-6-14(11(3)20-13)21(18,19)17-8-12-7-15(12,4)5/h6,10,12,16-17H,7-9H2,1-5H3. The van der Waals surface area contributed by atoms with Crippen LogP contribution in [0, 0.1) is 18.3 Å². The summed E-state index contributed by atoms with van der Waals surface area (Å²) in [5, 5.41) is 3.32. The zero-order valence-corrected chi connectivity index (χ0v) is 15.1. The van der Waals surface area contributed by atoms with Gasteiger partial charge in [0, 0.05) is 28.9 Å². The molecule has 0 saturated heterocycles. The van der Waals surface area contributed by atoms with E-state index < -0.39 is 10.0 Å². The van der Waals surface area contributed by atoms with Crippen molar-refractivity contribution in [3.8, 4) is 0 Å². The highest BCUT2D eigenvalue weighted by Gasteiger charge is 2.45. The summed E-state index contributed by atoms with van der Waals surface area (Å²) in [5.74, 6) is 0.466. The highest BCUT2D eigenvalue weighted by molar-refractivity contribution is 7.89. The topological polar surface area (TPSA) is 58.2 Å². The van der Waals surface area contributed by atoms with Crippen LogP contribution in [0.5, 0.6) is 0 Å². The van der Waals surface area contributed by atoms with Crippen LogP contribution >= 0.6 is 11.3 Å². The molecule has 0 aliphatic heterocycles. The molecule has 1 aromatic heterocycles. The first-order valence-corrected chi connectivity index (χ1v) is 9.74. The van der Waals surface area contributed by atoms with Crippen LogP contribution in [0.15, 0.2) is 11.0 Å². The van der Waals surface area contributed by atoms with Gasteiger partial charge in [-0.25, -0.2) is 13.1 Å². The molecule has 6 heteroatoms. The fourth-order valence-corrected chi connectivity index (χ4v) is 5.06. The zero-order chi connectivity index (χ0) is 15.8. The Morgan fingerprint density at radius 1 is 1.43 bits per heavy atom. The number of hydrogen-bond acceptors (Lipinski definition) is 4. The minimum Gasteiger partial charge on any atom is -0.310 e. The summed E-state index contributed by atoms with van der Waals surface area (Å²) < 4.78 is 27.6. The Morgan fingerprint density at radius 3 is 2.57 bits per heavy atom. The lowest BCUT2D eigenvalue weighted by Crippen LogP contribution is -2.27. The molecule has 0 radical (unpaired) electrons. The number of hydrogen-bond donors (Lipinski definition) is 2. The molecule has 0 aromatic carbocycles. The molecular formula is C15H26N2O2S2. The van der Waals surface area contributed by atoms with Crippen LogP contribution < -0.4 is 10.0 Å². The lowest BCUT2D eigenvalue weighted by molar-refractivity contribution is 0.537. The Morgan fingerprint density at radius 2 is 2.05 bits per heavy atom. The van der Waals surface area contributed by atoms with Crippen molar-refractivity contribution in [1.29, 1.82) is 0 Å². The van der Waals surface area contributed by atoms with Gasteiger partial charge in [0.2, 0.25) is 10.0 Å². The van der Waals surface area contributed by atoms with Crippen molar-refractivity contribution in [2.75, 3.05) is 6.54 Å². The second-order valence-electron chi connectivity index (χ2n) is 6.91. The van der Waals surface area contributed by atoms with E-state index in [0.717, 1.165) is 16.2 Å². The maximum atomic E-state index is 12.4. The summed E-state index contributed by atoms with van der Waals surface area (Å²) in [6, 6.07) is 2.19. The Kier molecular flexibility index (Phi) is 4.83. The third-order valence-corrected chi connectivity index (χ3v) is 6.86. The second-order valence-corrected chi connectivity index (χ2v) is 9.99. The quantitative estimate of drug-likeness (QED) is 0.808. The normalized spacial score (nSPS) is 21.0. The lowest BCUT2D eigenvalue weighted by atomic mass is 10.1. The van der Waals surface area contributed by atoms with Gasteiger partial charge >= 0.3 is 0 Å². The predicted octanol–water partition coefficient (Wildman–Crippen LogP) is 2.88. The predicted molar refractivity (Wildman–Crippen MR) is 88.1 cm³/mol. The van der Waals surface area contributed by atoms with E-state index in [2.05, 4.69) is 37.7 Å². The van der Waals surface area contributed by atoms with Crippen LogP contribution in [0.1, 0.15) is 43.9 Å². The molecule has 4 nitrogen and oxygen atoms in total. The molecule has 0 spiro atoms. The van der Waals surface area contributed by atoms with E-state index in [1.54, 1.807) is 17.4 Å². The van der Waals surface area contributed by atoms with Gasteiger partial charge in [-0.3, -0.25) is 0 Å². The van der Waals surface area contributed by atoms with Crippen LogP contribution in [0.2, 0.25) is 0 Å². The van der Waals surface area contributed by atoms with E-state index in [4.69, 9.17) is 0 Å². The average molecular weight is 331 g/mol. The molecular weight excluding hydrogens is 304 g/mol. The van der Waals surface area contributed by atoms with Gasteiger partial charge in [0.25, 0.3) is 0 Å². The summed E-state index contributed by atoms with van der Waals surface area (Å²) in [6.45, 7) is 11.7. The first-order chi connectivity index (χ1) is 9.62. The molecule has 1 saturated carbocycles. The van der Waals surface area contributed by atoms with Gasteiger partial charge in [0.05, 0.1) is 4.90 Å². The maximum absolute atomic E-state index is 12.4. The van der Waals surface area contributed by atoms with Crippen LogP contribution in [-0.2, 0) is 16.6 Å². The van der Waals surface area contributed by atoms with Crippen LogP contribution in [0.25, 0.3) is 0 Å². The minimum atomic E-state index is -3.38. The van der Waals surface area contributed by atoms with Crippen molar-refractivity contribution in [2.45, 2.75) is 58.5 Å². The molecule has 1 aliphatic carbocycles. The first kappa shape index (κ1) is 16.9. The van der Waals surface area contributed by atoms with E-state index in [0.29, 0.717) is 35.4 Å². The van der Waals surface area contributed by atoms with Crippen LogP contribution in [0.4, 0.5) is 0 Å². The Hall–Kier alpha value is -0.430. The molecule has 120 valence electrons. The monoisotopic (exact) mass is 330 g/mol. The van der Waals surface area contributed by atoms with Gasteiger partial charge < -0.3 is 5.32 Å². The van der Waals surface area contributed by atoms with Crippen LogP contribution in [0.3, 0.4) is 0 Å². The molecule has 21 heavy (non-hydrogen) atoms. The average Bonchev–Trinajstić information content (AvgIpc) is 2.78. The number of thiophene rings is 1. The Labute approximate surface area is 132 Å². The third-order valence-electron chi connectivity index (χ3n) is 4.13. The molecule has 1 aliphatic rings. The number of nitrogens with one attached hydrogen (secondary N) is 2. The van der Waals surface area contributed by atoms with E-state index in [1.807, 2.05) is 6.92 Å². The molecule has 0 bridgehead atoms. The Bertz CT molecular complexity index is 603. The van der Waals surface area contributed by atoms with Crippen molar-refractivity contribution < 1.29 is 8.42 Å². The summed E-state index contributed by atoms with van der Waals surface area (Å²) >= 11 is 1.55. The summed E-state index contributed by atoms with van der Waals surface area (Å²) in [4.78, 5) is 2.36. The molecule has 1 fully saturated rings. The molecule has 1 heterocycles. The first-order valence-electron chi connectivity index (χ1n) is 7.44. The van der Waals surface area contributed by atoms with Crippen molar-refractivity contribution in [3.05, 3.63) is 15.8 Å². The molecule has 1 aromatic rings. The zero-order valence-electron chi connectivity index (χ0n) is 13.5. The van der Waals surface area contributed by atoms with Crippen LogP contribution in [-0.4, -0.2) is 21.0 Å². The van der Waals surface area contributed by atoms with Gasteiger partial charge in [0.15, 0.2) is 0 Å². The summed E-state index contributed by atoms with van der Waals surface area (Å²) in [6.07, 6.45) is 1.10. The van der Waals surface area contributed by atoms with E-state index >= 15 is 0 Å². The smallest absolute Gasteiger partial charge is 0.241 e. The highest BCUT2D eigenvalue weighted by Crippen LogP contribution is 2.51. The molecule has 2 rings (SSSR count). The molecule has 0 amide bonds. The fourth-order valence-electron chi connectivity index (χ4n) is 2.40. The molecule has 1 atom stereocenters. The fraction of sp³-hybridized carbons (Fsp3) is 0.733. The Balaban J connectivity index is 2.02. The van der Waals surface area contributed by atoms with Crippen molar-refractivity contribution in [3.63, 3.8) is 0 Å². The van der Waals surface area contributed by atoms with E-state index in [1.165, 1.54) is 0 Å². The maximum Gasteiger partial charge on any atom is 0.241 e. The number of sulfonamides is 1. The second kappa shape index (κ2) is 5.99. The van der Waals surface area contributed by atoms with Crippen molar-refractivity contribution in [2.24, 2.45) is 11.3 Å². The van der Waals surface area contributed by atoms with Gasteiger partial charge in [0.1, 0.15) is 0 Å². The van der Waals surface area contributed by atoms with Gasteiger partial charge in [-0.15, -0.1) is 11.3 Å². The SMILES string of the molecule is Cc1sc(CNC(C)C)cc1S(=O)(=O)NCC1CC1(C)C. The lowest BCUT2D eigenvalue weighted by Gasteiger charge is -2.07. The van der Waals surface area contributed by atoms with E-state index in [9.17, 15) is 8.42 Å². The van der Waals surface area contributed by atoms with Crippen molar-refractivity contribution >= 4 is 21.4 Å². The third kappa shape index (κ3) is 4.28. The summed E-state index contributed by atoms with van der Waals surface area (Å²) in [5.41, 5.74) is 0.290. The number of rotatable bonds is 7. The largest absolute Gasteiger partial charge is 0.310 e. The van der Waals surface area contributed by atoms with Gasteiger partial charge in [-0.05, 0) is 30.7 Å². The minimum absolute atomic E-state index is 0.290. The van der Waals surface area contributed by atoms with Gasteiger partial charge in [-0.2, -0.15) is 0 Å². The number of aryl methyl sites for hydroxylation is 1. The van der Waals surface area contributed by atoms with Gasteiger partial charge in [-0.1, -0.05) is 27.7 Å². The molecule has 1 unspecified atom stereocenters. The van der Waals surface area contributed by atoms with Crippen molar-refractivity contribution in [1.82, 2.24) is 10.0 Å². The molecule has 2 N–H and O–H groups in total. The summed E-state index contributed by atoms with van der Waals surface area (Å²) in [7, 11) is -3.38. The highest BCUT2D eigenvalue weighted by atomic mass is 32.2. The van der Waals surface area contributed by atoms with E-state index in [-0.39, 0.29) is 0 Å².